The maximum absolute atomic E-state index is 10.1. The molecule has 0 radical (unpaired) electrons. The molecule has 0 saturated carbocycles. The zero-order chi connectivity index (χ0) is 16.1. The Morgan fingerprint density at radius 3 is 1.38 bits per heavy atom. The Morgan fingerprint density at radius 1 is 0.792 bits per heavy atom. The zero-order valence-corrected chi connectivity index (χ0v) is 25.2. The SMILES string of the molecule is CCCCCCCCCCOS(=O)(=O)[O-].O=P([O-])([O-])[O-].[Na+].[Na+].[Na+].[Na+]. The van der Waals surface area contributed by atoms with Gasteiger partial charge in [-0.15, -0.1) is 0 Å². The van der Waals surface area contributed by atoms with Crippen LogP contribution in [0.2, 0.25) is 0 Å². The summed E-state index contributed by atoms with van der Waals surface area (Å²) in [7, 11) is -9.87. The molecule has 0 aromatic heterocycles. The van der Waals surface area contributed by atoms with Gasteiger partial charge in [0.2, 0.25) is 10.4 Å². The van der Waals surface area contributed by atoms with Gasteiger partial charge in [-0.2, -0.15) is 7.82 Å². The van der Waals surface area contributed by atoms with Crippen LogP contribution in [0.4, 0.5) is 0 Å². The van der Waals surface area contributed by atoms with Crippen LogP contribution in [0.1, 0.15) is 58.3 Å². The van der Waals surface area contributed by atoms with E-state index < -0.39 is 18.2 Å². The molecule has 0 aliphatic rings. The number of hydrogen-bond acceptors (Lipinski definition) is 8. The third kappa shape index (κ3) is 63.5. The molecule has 14 heteroatoms. The zero-order valence-electron chi connectivity index (χ0n) is 15.5. The summed E-state index contributed by atoms with van der Waals surface area (Å²) >= 11 is 0. The van der Waals surface area contributed by atoms with Crippen LogP contribution in [-0.4, -0.2) is 19.6 Å². The standard InChI is InChI=1S/C10H22O4S.4Na.H3O4P/c1-2-3-4-5-6-7-8-9-10-14-15(11,12)13;;;;;1-5(2,3)4/h2-10H2,1H3,(H,11,12,13);;;;;(H3,1,2,3,4)/q;4*+1;/p-4. The molecule has 24 heavy (non-hydrogen) atoms. The van der Waals surface area contributed by atoms with Gasteiger partial charge >= 0.3 is 118 Å². The van der Waals surface area contributed by atoms with Crippen molar-refractivity contribution >= 4 is 18.2 Å². The van der Waals surface area contributed by atoms with Gasteiger partial charge in [0, 0.05) is 0 Å². The third-order valence-electron chi connectivity index (χ3n) is 2.23. The van der Waals surface area contributed by atoms with Crippen molar-refractivity contribution in [2.45, 2.75) is 58.3 Å². The van der Waals surface area contributed by atoms with Gasteiger partial charge in [-0.05, 0) is 6.42 Å². The van der Waals surface area contributed by atoms with Gasteiger partial charge in [-0.1, -0.05) is 51.9 Å². The summed E-state index contributed by atoms with van der Waals surface area (Å²) in [6, 6.07) is 0. The fourth-order valence-corrected chi connectivity index (χ4v) is 1.72. The van der Waals surface area contributed by atoms with E-state index in [0.717, 1.165) is 12.8 Å². The molecular formula is C10H21Na4O8PS. The summed E-state index contributed by atoms with van der Waals surface area (Å²) in [6.45, 7) is 2.21. The molecule has 0 aromatic rings. The third-order valence-corrected chi connectivity index (χ3v) is 2.68. The number of phosphoric acid groups is 1. The average molecular weight is 424 g/mol. The van der Waals surface area contributed by atoms with Crippen LogP contribution in [0.15, 0.2) is 0 Å². The predicted octanol–water partition coefficient (Wildman–Crippen LogP) is -12.2. The molecule has 0 fully saturated rings. The van der Waals surface area contributed by atoms with E-state index in [-0.39, 0.29) is 125 Å². The average Bonchev–Trinajstić information content (AvgIpc) is 2.23. The molecule has 0 aliphatic carbocycles. The molecule has 0 saturated heterocycles. The molecule has 0 aliphatic heterocycles. The van der Waals surface area contributed by atoms with Gasteiger partial charge < -0.3 is 23.8 Å². The van der Waals surface area contributed by atoms with Crippen molar-refractivity contribution in [3.63, 3.8) is 0 Å². The van der Waals surface area contributed by atoms with Crippen molar-refractivity contribution in [1.82, 2.24) is 0 Å². The Balaban J connectivity index is -0.0000000795. The van der Waals surface area contributed by atoms with Crippen molar-refractivity contribution in [1.29, 1.82) is 0 Å². The normalized spacial score (nSPS) is 9.88. The van der Waals surface area contributed by atoms with E-state index in [1.165, 1.54) is 32.1 Å². The molecule has 0 bridgehead atoms. The molecule has 0 unspecified atom stereocenters. The van der Waals surface area contributed by atoms with Crippen molar-refractivity contribution < 1.29 is 155 Å². The maximum Gasteiger partial charge on any atom is 1.00 e. The first-order valence-electron chi connectivity index (χ1n) is 6.39. The molecule has 0 atom stereocenters. The van der Waals surface area contributed by atoms with Crippen molar-refractivity contribution in [2.24, 2.45) is 0 Å². The second-order valence-corrected chi connectivity index (χ2v) is 6.10. The molecule has 0 spiro atoms. The van der Waals surface area contributed by atoms with Gasteiger partial charge in [0.1, 0.15) is 0 Å². The van der Waals surface area contributed by atoms with Crippen molar-refractivity contribution in [3.8, 4) is 0 Å². The first-order valence-corrected chi connectivity index (χ1v) is 9.19. The van der Waals surface area contributed by atoms with Gasteiger partial charge in [0.05, 0.1) is 6.61 Å². The number of unbranched alkanes of at least 4 members (excludes halogenated alkanes) is 7. The first-order chi connectivity index (χ1) is 9.06. The molecule has 0 aromatic carbocycles. The fraction of sp³-hybridized carbons (Fsp3) is 1.00. The molecule has 0 amide bonds. The Kier molecular flexibility index (Phi) is 47.4. The van der Waals surface area contributed by atoms with Gasteiger partial charge in [-0.25, -0.2) is 8.42 Å². The number of hydrogen-bond donors (Lipinski definition) is 0. The molecular weight excluding hydrogens is 403 g/mol. The number of rotatable bonds is 10. The van der Waals surface area contributed by atoms with E-state index in [1.54, 1.807) is 0 Å². The van der Waals surface area contributed by atoms with Crippen molar-refractivity contribution in [3.05, 3.63) is 0 Å². The Labute approximate surface area is 234 Å². The fourth-order valence-electron chi connectivity index (χ4n) is 1.40. The monoisotopic (exact) mass is 424 g/mol. The summed E-state index contributed by atoms with van der Waals surface area (Å²) in [5.41, 5.74) is 0. The van der Waals surface area contributed by atoms with Crippen LogP contribution >= 0.6 is 7.82 Å². The van der Waals surface area contributed by atoms with E-state index in [2.05, 4.69) is 11.1 Å². The minimum absolute atomic E-state index is 0. The molecule has 8 nitrogen and oxygen atoms in total. The second kappa shape index (κ2) is 27.0. The first kappa shape index (κ1) is 42.2. The van der Waals surface area contributed by atoms with Crippen LogP contribution in [0, 0.1) is 0 Å². The van der Waals surface area contributed by atoms with E-state index >= 15 is 0 Å². The Hall–Kier alpha value is 3.98. The van der Waals surface area contributed by atoms with Gasteiger partial charge in [0.25, 0.3) is 0 Å². The molecule has 0 heterocycles. The second-order valence-electron chi connectivity index (χ2n) is 4.15. The summed E-state index contributed by atoms with van der Waals surface area (Å²) < 4.78 is 42.8. The Morgan fingerprint density at radius 2 is 1.08 bits per heavy atom. The van der Waals surface area contributed by atoms with Gasteiger partial charge in [-0.3, -0.25) is 4.18 Å². The van der Waals surface area contributed by atoms with E-state index in [9.17, 15) is 13.0 Å². The van der Waals surface area contributed by atoms with Gasteiger partial charge in [0.15, 0.2) is 0 Å². The van der Waals surface area contributed by atoms with Crippen LogP contribution < -0.4 is 133 Å². The van der Waals surface area contributed by atoms with Crippen LogP contribution in [0.3, 0.4) is 0 Å². The largest absolute Gasteiger partial charge is 1.00 e. The summed E-state index contributed by atoms with van der Waals surface area (Å²) in [5.74, 6) is 0. The maximum atomic E-state index is 10.1. The smallest absolute Gasteiger partial charge is 0.822 e. The van der Waals surface area contributed by atoms with Crippen LogP contribution in [0.5, 0.6) is 0 Å². The molecule has 0 rings (SSSR count). The topological polar surface area (TPSA) is 153 Å². The predicted molar refractivity (Wildman–Crippen MR) is 65.9 cm³/mol. The van der Waals surface area contributed by atoms with E-state index in [4.69, 9.17) is 19.2 Å². The van der Waals surface area contributed by atoms with Crippen LogP contribution in [-0.2, 0) is 19.1 Å². The molecule has 0 N–H and O–H groups in total. The van der Waals surface area contributed by atoms with Crippen LogP contribution in [0.25, 0.3) is 0 Å². The van der Waals surface area contributed by atoms with Crippen molar-refractivity contribution in [2.75, 3.05) is 6.61 Å². The molecule has 124 valence electrons. The Bertz CT molecular complexity index is 358. The minimum Gasteiger partial charge on any atom is -0.822 e. The summed E-state index contributed by atoms with van der Waals surface area (Å²) in [5, 5.41) is 0. The van der Waals surface area contributed by atoms with E-state index in [0.29, 0.717) is 6.42 Å². The quantitative estimate of drug-likeness (QED) is 0.110. The summed E-state index contributed by atoms with van der Waals surface area (Å²) in [4.78, 5) is 25.6. The van der Waals surface area contributed by atoms with E-state index in [1.807, 2.05) is 0 Å². The minimum atomic E-state index is -5.39. The summed E-state index contributed by atoms with van der Waals surface area (Å²) in [6.07, 6.45) is 8.91.